The summed E-state index contributed by atoms with van der Waals surface area (Å²) in [7, 11) is 1.64. The molecule has 1 aliphatic heterocycles. The van der Waals surface area contributed by atoms with E-state index in [0.29, 0.717) is 13.0 Å². The highest BCUT2D eigenvalue weighted by Gasteiger charge is 2.35. The first kappa shape index (κ1) is 14.1. The number of nitrogens with one attached hydrogen (secondary N) is 1. The summed E-state index contributed by atoms with van der Waals surface area (Å²) in [6.07, 6.45) is -3.91. The summed E-state index contributed by atoms with van der Waals surface area (Å²) in [4.78, 5) is 13.3. The monoisotopic (exact) mass is 292 g/mol. The van der Waals surface area contributed by atoms with Crippen molar-refractivity contribution in [3.8, 4) is 0 Å². The van der Waals surface area contributed by atoms with Gasteiger partial charge in [0.1, 0.15) is 0 Å². The quantitative estimate of drug-likeness (QED) is 0.909. The largest absolute Gasteiger partial charge is 0.416 e. The molecule has 2 rings (SSSR count). The molecule has 19 heavy (non-hydrogen) atoms. The lowest BCUT2D eigenvalue weighted by Crippen LogP contribution is -2.36. The van der Waals surface area contributed by atoms with E-state index in [1.807, 2.05) is 0 Å². The normalized spacial score (nSPS) is 20.2. The highest BCUT2D eigenvalue weighted by molar-refractivity contribution is 6.34. The third-order valence-corrected chi connectivity index (χ3v) is 3.44. The second-order valence-electron chi connectivity index (χ2n) is 4.28. The first-order valence-electron chi connectivity index (χ1n) is 5.70. The molecule has 0 bridgehead atoms. The Labute approximate surface area is 113 Å². The lowest BCUT2D eigenvalue weighted by molar-refractivity contribution is -0.137. The molecule has 104 valence electrons. The Bertz CT molecular complexity index is 504. The van der Waals surface area contributed by atoms with E-state index in [4.69, 9.17) is 11.6 Å². The molecule has 0 radical (unpaired) electrons. The van der Waals surface area contributed by atoms with Gasteiger partial charge in [0.2, 0.25) is 5.91 Å². The van der Waals surface area contributed by atoms with Gasteiger partial charge < -0.3 is 10.2 Å². The molecule has 3 nitrogen and oxygen atoms in total. The molecule has 1 aromatic carbocycles. The summed E-state index contributed by atoms with van der Waals surface area (Å²) in [5.41, 5.74) is -0.702. The Balaban J connectivity index is 2.37. The maximum atomic E-state index is 12.7. The SMILES string of the molecule is CNC1CCN(c2cc(C(F)(F)F)ccc2Cl)C1=O. The van der Waals surface area contributed by atoms with Crippen molar-refractivity contribution in [1.29, 1.82) is 0 Å². The Hall–Kier alpha value is -1.27. The van der Waals surface area contributed by atoms with Crippen LogP contribution in [-0.4, -0.2) is 25.5 Å². The summed E-state index contributed by atoms with van der Waals surface area (Å²) in [6.45, 7) is 0.353. The first-order chi connectivity index (χ1) is 8.84. The number of hydrogen-bond donors (Lipinski definition) is 1. The summed E-state index contributed by atoms with van der Waals surface area (Å²) in [5, 5.41) is 2.96. The molecule has 0 aliphatic carbocycles. The number of halogens is 4. The van der Waals surface area contributed by atoms with Crippen molar-refractivity contribution in [3.05, 3.63) is 28.8 Å². The van der Waals surface area contributed by atoms with Gasteiger partial charge in [0.25, 0.3) is 0 Å². The van der Waals surface area contributed by atoms with Gasteiger partial charge in [-0.25, -0.2) is 0 Å². The lowest BCUT2D eigenvalue weighted by atomic mass is 10.2. The van der Waals surface area contributed by atoms with Crippen LogP contribution >= 0.6 is 11.6 Å². The number of nitrogens with zero attached hydrogens (tertiary/aromatic N) is 1. The van der Waals surface area contributed by atoms with Crippen LogP contribution in [0.1, 0.15) is 12.0 Å². The van der Waals surface area contributed by atoms with E-state index in [1.54, 1.807) is 7.05 Å². The van der Waals surface area contributed by atoms with Crippen LogP contribution in [0.5, 0.6) is 0 Å². The van der Waals surface area contributed by atoms with Crippen LogP contribution in [0.15, 0.2) is 18.2 Å². The van der Waals surface area contributed by atoms with Crippen LogP contribution in [0, 0.1) is 0 Å². The van der Waals surface area contributed by atoms with Crippen LogP contribution in [0.25, 0.3) is 0 Å². The first-order valence-corrected chi connectivity index (χ1v) is 6.08. The smallest absolute Gasteiger partial charge is 0.309 e. The average Bonchev–Trinajstić information content (AvgIpc) is 2.69. The van der Waals surface area contributed by atoms with Crippen molar-refractivity contribution in [3.63, 3.8) is 0 Å². The maximum absolute atomic E-state index is 12.7. The van der Waals surface area contributed by atoms with Crippen LogP contribution < -0.4 is 10.2 Å². The molecule has 1 amide bonds. The fourth-order valence-corrected chi connectivity index (χ4v) is 2.30. The number of hydrogen-bond acceptors (Lipinski definition) is 2. The van der Waals surface area contributed by atoms with E-state index >= 15 is 0 Å². The number of rotatable bonds is 2. The maximum Gasteiger partial charge on any atom is 0.416 e. The summed E-state index contributed by atoms with van der Waals surface area (Å²) < 4.78 is 38.0. The minimum absolute atomic E-state index is 0.110. The van der Waals surface area contributed by atoms with E-state index in [1.165, 1.54) is 11.0 Å². The minimum Gasteiger partial charge on any atom is -0.309 e. The van der Waals surface area contributed by atoms with Crippen LogP contribution in [-0.2, 0) is 11.0 Å². The van der Waals surface area contributed by atoms with Gasteiger partial charge in [-0.05, 0) is 31.7 Å². The Kier molecular flexibility index (Phi) is 3.73. The predicted octanol–water partition coefficient (Wildman–Crippen LogP) is 2.68. The topological polar surface area (TPSA) is 32.3 Å². The summed E-state index contributed by atoms with van der Waals surface area (Å²) >= 11 is 5.90. The van der Waals surface area contributed by atoms with Gasteiger partial charge in [-0.1, -0.05) is 11.6 Å². The number of amides is 1. The van der Waals surface area contributed by atoms with E-state index in [-0.39, 0.29) is 22.7 Å². The highest BCUT2D eigenvalue weighted by Crippen LogP contribution is 2.36. The molecule has 0 saturated carbocycles. The number of alkyl halides is 3. The number of likely N-dealkylation sites (N-methyl/N-ethyl adjacent to an activating group) is 1. The van der Waals surface area contributed by atoms with Crippen molar-refractivity contribution in [2.24, 2.45) is 0 Å². The van der Waals surface area contributed by atoms with E-state index in [0.717, 1.165) is 12.1 Å². The van der Waals surface area contributed by atoms with Crippen molar-refractivity contribution in [2.75, 3.05) is 18.5 Å². The second-order valence-corrected chi connectivity index (χ2v) is 4.69. The van der Waals surface area contributed by atoms with Gasteiger partial charge >= 0.3 is 6.18 Å². The van der Waals surface area contributed by atoms with Crippen LogP contribution in [0.4, 0.5) is 18.9 Å². The second kappa shape index (κ2) is 5.02. The van der Waals surface area contributed by atoms with E-state index < -0.39 is 11.7 Å². The molecule has 1 saturated heterocycles. The Morgan fingerprint density at radius 3 is 2.63 bits per heavy atom. The fourth-order valence-electron chi connectivity index (χ4n) is 2.08. The molecule has 1 unspecified atom stereocenters. The Morgan fingerprint density at radius 2 is 2.11 bits per heavy atom. The van der Waals surface area contributed by atoms with Crippen molar-refractivity contribution >= 4 is 23.2 Å². The van der Waals surface area contributed by atoms with E-state index in [2.05, 4.69) is 5.32 Å². The Morgan fingerprint density at radius 1 is 1.42 bits per heavy atom. The molecule has 1 heterocycles. The standard InChI is InChI=1S/C12H12ClF3N2O/c1-17-9-4-5-18(11(9)19)10-6-7(12(14,15)16)2-3-8(10)13/h2-3,6,9,17H,4-5H2,1H3. The molecular weight excluding hydrogens is 281 g/mol. The van der Waals surface area contributed by atoms with Gasteiger partial charge in [-0.2, -0.15) is 13.2 Å². The van der Waals surface area contributed by atoms with Gasteiger partial charge in [-0.15, -0.1) is 0 Å². The van der Waals surface area contributed by atoms with Crippen molar-refractivity contribution < 1.29 is 18.0 Å². The number of benzene rings is 1. The fraction of sp³-hybridized carbons (Fsp3) is 0.417. The minimum atomic E-state index is -4.45. The van der Waals surface area contributed by atoms with Crippen LogP contribution in [0.3, 0.4) is 0 Å². The lowest BCUT2D eigenvalue weighted by Gasteiger charge is -2.19. The zero-order valence-corrected chi connectivity index (χ0v) is 10.8. The molecule has 0 spiro atoms. The summed E-state index contributed by atoms with van der Waals surface area (Å²) in [6, 6.07) is 2.62. The van der Waals surface area contributed by atoms with Crippen molar-refractivity contribution in [1.82, 2.24) is 5.32 Å². The van der Waals surface area contributed by atoms with Gasteiger partial charge in [-0.3, -0.25) is 4.79 Å². The molecule has 0 aromatic heterocycles. The van der Waals surface area contributed by atoms with Gasteiger partial charge in [0.05, 0.1) is 22.3 Å². The van der Waals surface area contributed by atoms with Gasteiger partial charge in [0, 0.05) is 6.54 Å². The highest BCUT2D eigenvalue weighted by atomic mass is 35.5. The third-order valence-electron chi connectivity index (χ3n) is 3.12. The molecule has 1 aromatic rings. The zero-order valence-electron chi connectivity index (χ0n) is 10.1. The average molecular weight is 293 g/mol. The molecule has 1 aliphatic rings. The zero-order chi connectivity index (χ0) is 14.2. The molecule has 1 fully saturated rings. The van der Waals surface area contributed by atoms with E-state index in [9.17, 15) is 18.0 Å². The summed E-state index contributed by atoms with van der Waals surface area (Å²) in [5.74, 6) is -0.260. The predicted molar refractivity (Wildman–Crippen MR) is 66.3 cm³/mol. The molecule has 7 heteroatoms. The molecular formula is C12H12ClF3N2O. The third kappa shape index (κ3) is 2.69. The number of carbonyl (C=O) groups is 1. The number of carbonyl (C=O) groups excluding carboxylic acids is 1. The molecule has 1 atom stereocenters. The van der Waals surface area contributed by atoms with Gasteiger partial charge in [0.15, 0.2) is 0 Å². The van der Waals surface area contributed by atoms with Crippen molar-refractivity contribution in [2.45, 2.75) is 18.6 Å². The van der Waals surface area contributed by atoms with Crippen LogP contribution in [0.2, 0.25) is 5.02 Å². The molecule has 1 N–H and O–H groups in total. The number of anilines is 1.